The number of rotatable bonds is 4. The van der Waals surface area contributed by atoms with Crippen LogP contribution in [0.25, 0.3) is 0 Å². The molecule has 0 bridgehead atoms. The lowest BCUT2D eigenvalue weighted by atomic mass is 9.95. The lowest BCUT2D eigenvalue weighted by molar-refractivity contribution is -0.138. The monoisotopic (exact) mass is 353 g/mol. The zero-order valence-corrected chi connectivity index (χ0v) is 13.1. The minimum Gasteiger partial charge on any atom is -0.481 e. The molecule has 1 heterocycles. The molecule has 1 aromatic heterocycles. The van der Waals surface area contributed by atoms with Gasteiger partial charge in [-0.15, -0.1) is 0 Å². The van der Waals surface area contributed by atoms with Gasteiger partial charge < -0.3 is 5.11 Å². The number of pyridine rings is 1. The van der Waals surface area contributed by atoms with Gasteiger partial charge in [0.1, 0.15) is 5.92 Å². The molecule has 104 valence electrons. The van der Waals surface area contributed by atoms with Crippen LogP contribution in [-0.4, -0.2) is 16.1 Å². The Balaban J connectivity index is 2.40. The highest BCUT2D eigenvalue weighted by atomic mass is 79.9. The first-order valence-corrected chi connectivity index (χ1v) is 7.25. The van der Waals surface area contributed by atoms with Crippen molar-refractivity contribution in [3.05, 3.63) is 62.8 Å². The summed E-state index contributed by atoms with van der Waals surface area (Å²) >= 11 is 9.53. The largest absolute Gasteiger partial charge is 0.481 e. The number of aromatic nitrogens is 1. The number of aryl methyl sites for hydroxylation is 1. The molecular formula is C15H13BrClNO2. The zero-order chi connectivity index (χ0) is 14.7. The maximum absolute atomic E-state index is 11.6. The first kappa shape index (κ1) is 15.0. The molecule has 0 saturated carbocycles. The maximum atomic E-state index is 11.6. The first-order valence-electron chi connectivity index (χ1n) is 6.08. The first-order chi connectivity index (χ1) is 9.50. The molecule has 1 N–H and O–H groups in total. The van der Waals surface area contributed by atoms with Gasteiger partial charge >= 0.3 is 5.97 Å². The average Bonchev–Trinajstić information content (AvgIpc) is 2.41. The summed E-state index contributed by atoms with van der Waals surface area (Å²) in [6, 6.07) is 9.10. The van der Waals surface area contributed by atoms with Crippen molar-refractivity contribution in [1.82, 2.24) is 4.98 Å². The molecule has 0 aliphatic heterocycles. The Labute approximate surface area is 130 Å². The fraction of sp³-hybridized carbons (Fsp3) is 0.200. The minimum absolute atomic E-state index is 0.310. The van der Waals surface area contributed by atoms with Gasteiger partial charge in [0, 0.05) is 15.7 Å². The molecule has 2 rings (SSSR count). The number of carbonyl (C=O) groups is 1. The molecule has 0 spiro atoms. The standard InChI is InChI=1S/C15H13BrClNO2/c1-9-6-7-18-14(13(9)16)11(15(19)20)8-10-4-2-3-5-12(10)17/h2-7,11H,8H2,1H3,(H,19,20). The maximum Gasteiger partial charge on any atom is 0.312 e. The van der Waals surface area contributed by atoms with E-state index in [-0.39, 0.29) is 0 Å². The Morgan fingerprint density at radius 2 is 2.10 bits per heavy atom. The summed E-state index contributed by atoms with van der Waals surface area (Å²) < 4.78 is 0.736. The van der Waals surface area contributed by atoms with Crippen molar-refractivity contribution in [1.29, 1.82) is 0 Å². The summed E-state index contributed by atoms with van der Waals surface area (Å²) in [7, 11) is 0. The van der Waals surface area contributed by atoms with Crippen LogP contribution in [0.4, 0.5) is 0 Å². The highest BCUT2D eigenvalue weighted by Gasteiger charge is 2.25. The molecule has 0 saturated heterocycles. The van der Waals surface area contributed by atoms with E-state index in [0.29, 0.717) is 17.1 Å². The van der Waals surface area contributed by atoms with Crippen LogP contribution < -0.4 is 0 Å². The molecule has 1 aromatic carbocycles. The normalized spacial score (nSPS) is 12.2. The fourth-order valence-electron chi connectivity index (χ4n) is 1.99. The molecule has 2 aromatic rings. The van der Waals surface area contributed by atoms with Crippen molar-refractivity contribution >= 4 is 33.5 Å². The molecule has 0 aliphatic rings. The Kier molecular flexibility index (Phi) is 4.78. The van der Waals surface area contributed by atoms with Crippen molar-refractivity contribution in [2.75, 3.05) is 0 Å². The summed E-state index contributed by atoms with van der Waals surface area (Å²) in [5, 5.41) is 10.1. The van der Waals surface area contributed by atoms with Crippen LogP contribution in [0.15, 0.2) is 41.0 Å². The van der Waals surface area contributed by atoms with E-state index in [0.717, 1.165) is 15.6 Å². The molecule has 3 nitrogen and oxygen atoms in total. The second kappa shape index (κ2) is 6.37. The van der Waals surface area contributed by atoms with Crippen LogP contribution in [0.2, 0.25) is 5.02 Å². The predicted octanol–water partition coefficient (Wildman–Crippen LogP) is 4.22. The molecule has 0 fully saturated rings. The van der Waals surface area contributed by atoms with Gasteiger partial charge in [-0.3, -0.25) is 9.78 Å². The van der Waals surface area contributed by atoms with Crippen molar-refractivity contribution in [3.63, 3.8) is 0 Å². The number of aliphatic carboxylic acids is 1. The molecule has 1 unspecified atom stereocenters. The van der Waals surface area contributed by atoms with Crippen LogP contribution in [-0.2, 0) is 11.2 Å². The molecule has 0 amide bonds. The molecule has 20 heavy (non-hydrogen) atoms. The predicted molar refractivity (Wildman–Crippen MR) is 82.2 cm³/mol. The SMILES string of the molecule is Cc1ccnc(C(Cc2ccccc2Cl)C(=O)O)c1Br. The Bertz CT molecular complexity index is 646. The number of hydrogen-bond donors (Lipinski definition) is 1. The number of hydrogen-bond acceptors (Lipinski definition) is 2. The van der Waals surface area contributed by atoms with Gasteiger partial charge in [0.25, 0.3) is 0 Å². The van der Waals surface area contributed by atoms with Crippen molar-refractivity contribution < 1.29 is 9.90 Å². The zero-order valence-electron chi connectivity index (χ0n) is 10.8. The number of halogens is 2. The molecule has 0 radical (unpaired) electrons. The van der Waals surface area contributed by atoms with E-state index in [2.05, 4.69) is 20.9 Å². The smallest absolute Gasteiger partial charge is 0.312 e. The van der Waals surface area contributed by atoms with Gasteiger partial charge in [0.05, 0.1) is 5.69 Å². The van der Waals surface area contributed by atoms with E-state index in [1.54, 1.807) is 12.3 Å². The minimum atomic E-state index is -0.913. The number of carboxylic acid groups (broad SMARTS) is 1. The second-order valence-electron chi connectivity index (χ2n) is 4.51. The van der Waals surface area contributed by atoms with Crippen LogP contribution in [0.3, 0.4) is 0 Å². The lowest BCUT2D eigenvalue weighted by Crippen LogP contribution is -2.17. The third-order valence-electron chi connectivity index (χ3n) is 3.12. The Morgan fingerprint density at radius 1 is 1.40 bits per heavy atom. The van der Waals surface area contributed by atoms with Gasteiger partial charge in [-0.1, -0.05) is 29.8 Å². The van der Waals surface area contributed by atoms with E-state index in [1.807, 2.05) is 31.2 Å². The summed E-state index contributed by atoms with van der Waals surface area (Å²) in [6.45, 7) is 1.91. The van der Waals surface area contributed by atoms with Crippen LogP contribution >= 0.6 is 27.5 Å². The molecule has 5 heteroatoms. The van der Waals surface area contributed by atoms with E-state index < -0.39 is 11.9 Å². The highest BCUT2D eigenvalue weighted by molar-refractivity contribution is 9.10. The molecule has 1 atom stereocenters. The van der Waals surface area contributed by atoms with E-state index in [4.69, 9.17) is 11.6 Å². The molecular weight excluding hydrogens is 342 g/mol. The van der Waals surface area contributed by atoms with Crippen LogP contribution in [0.1, 0.15) is 22.7 Å². The van der Waals surface area contributed by atoms with Gasteiger partial charge in [0.2, 0.25) is 0 Å². The van der Waals surface area contributed by atoms with Crippen molar-refractivity contribution in [3.8, 4) is 0 Å². The summed E-state index contributed by atoms with van der Waals surface area (Å²) in [5.74, 6) is -1.65. The van der Waals surface area contributed by atoms with Gasteiger partial charge in [-0.25, -0.2) is 0 Å². The lowest BCUT2D eigenvalue weighted by Gasteiger charge is -2.15. The second-order valence-corrected chi connectivity index (χ2v) is 5.71. The van der Waals surface area contributed by atoms with Gasteiger partial charge in [-0.05, 0) is 52.5 Å². The Morgan fingerprint density at radius 3 is 2.75 bits per heavy atom. The van der Waals surface area contributed by atoms with E-state index in [9.17, 15) is 9.90 Å². The summed E-state index contributed by atoms with van der Waals surface area (Å²) in [5.41, 5.74) is 2.29. The van der Waals surface area contributed by atoms with Crippen molar-refractivity contribution in [2.45, 2.75) is 19.3 Å². The van der Waals surface area contributed by atoms with Crippen LogP contribution in [0.5, 0.6) is 0 Å². The Hall–Kier alpha value is -1.39. The van der Waals surface area contributed by atoms with E-state index >= 15 is 0 Å². The highest BCUT2D eigenvalue weighted by Crippen LogP contribution is 2.30. The third kappa shape index (κ3) is 3.19. The van der Waals surface area contributed by atoms with Gasteiger partial charge in [-0.2, -0.15) is 0 Å². The van der Waals surface area contributed by atoms with Crippen molar-refractivity contribution in [2.24, 2.45) is 0 Å². The number of nitrogens with zero attached hydrogens (tertiary/aromatic N) is 1. The molecule has 0 aliphatic carbocycles. The quantitative estimate of drug-likeness (QED) is 0.894. The third-order valence-corrected chi connectivity index (χ3v) is 4.52. The van der Waals surface area contributed by atoms with Crippen LogP contribution in [0, 0.1) is 6.92 Å². The topological polar surface area (TPSA) is 50.2 Å². The summed E-state index contributed by atoms with van der Waals surface area (Å²) in [6.07, 6.45) is 1.93. The number of carboxylic acids is 1. The van der Waals surface area contributed by atoms with Gasteiger partial charge in [0.15, 0.2) is 0 Å². The average molecular weight is 355 g/mol. The number of benzene rings is 1. The fourth-order valence-corrected chi connectivity index (χ4v) is 2.71. The van der Waals surface area contributed by atoms with E-state index in [1.165, 1.54) is 0 Å². The summed E-state index contributed by atoms with van der Waals surface area (Å²) in [4.78, 5) is 15.8.